The third-order valence-corrected chi connectivity index (χ3v) is 4.94. The molecule has 4 nitrogen and oxygen atoms in total. The van der Waals surface area contributed by atoms with E-state index in [-0.39, 0.29) is 0 Å². The first-order chi connectivity index (χ1) is 7.98. The van der Waals surface area contributed by atoms with E-state index in [1.807, 2.05) is 31.2 Å². The van der Waals surface area contributed by atoms with Gasteiger partial charge in [0.2, 0.25) is 0 Å². The molecule has 0 atom stereocenters. The summed E-state index contributed by atoms with van der Waals surface area (Å²) in [5, 5.41) is 1.98. The molecule has 1 aliphatic carbocycles. The second-order valence-electron chi connectivity index (χ2n) is 4.62. The van der Waals surface area contributed by atoms with Crippen molar-refractivity contribution in [3.63, 3.8) is 0 Å². The predicted molar refractivity (Wildman–Crippen MR) is 66.9 cm³/mol. The molecule has 0 saturated carbocycles. The summed E-state index contributed by atoms with van der Waals surface area (Å²) in [6, 6.07) is 7.71. The monoisotopic (exact) mass is 255 g/mol. The average molecular weight is 255 g/mol. The molecule has 0 amide bonds. The maximum Gasteiger partial charge on any atom is 0.346 e. The van der Waals surface area contributed by atoms with Crippen molar-refractivity contribution in [2.45, 2.75) is 31.5 Å². The number of rotatable bonds is 4. The molecule has 1 aromatic carbocycles. The average Bonchev–Trinajstić information content (AvgIpc) is 2.65. The summed E-state index contributed by atoms with van der Waals surface area (Å²) >= 11 is 0. The van der Waals surface area contributed by atoms with Gasteiger partial charge in [0.15, 0.2) is 0 Å². The van der Waals surface area contributed by atoms with Crippen molar-refractivity contribution in [1.29, 1.82) is 0 Å². The largest absolute Gasteiger partial charge is 0.346 e. The Hall–Kier alpha value is -0.670. The van der Waals surface area contributed by atoms with Gasteiger partial charge in [0.05, 0.1) is 0 Å². The van der Waals surface area contributed by atoms with Gasteiger partial charge in [-0.3, -0.25) is 4.57 Å². The molecule has 0 fully saturated rings. The zero-order valence-corrected chi connectivity index (χ0v) is 10.8. The van der Waals surface area contributed by atoms with E-state index >= 15 is 0 Å². The highest BCUT2D eigenvalue weighted by Gasteiger charge is 2.50. The Morgan fingerprint density at radius 1 is 1.29 bits per heavy atom. The molecule has 1 aromatic rings. The van der Waals surface area contributed by atoms with E-state index in [9.17, 15) is 14.4 Å². The minimum absolute atomic E-state index is 0.410. The normalized spacial score (nSPS) is 18.1. The first kappa shape index (κ1) is 12.8. The summed E-state index contributed by atoms with van der Waals surface area (Å²) in [6.07, 6.45) is 1.68. The van der Waals surface area contributed by atoms with Crippen LogP contribution in [0.4, 0.5) is 0 Å². The van der Waals surface area contributed by atoms with Crippen LogP contribution < -0.4 is 5.32 Å². The van der Waals surface area contributed by atoms with Crippen LogP contribution >= 0.6 is 7.60 Å². The molecule has 17 heavy (non-hydrogen) atoms. The SMILES string of the molecule is CCCNC1(P(=O)(O)O)Cc2ccccc2C1. The van der Waals surface area contributed by atoms with Gasteiger partial charge in [-0.25, -0.2) is 0 Å². The van der Waals surface area contributed by atoms with Crippen LogP contribution in [0.25, 0.3) is 0 Å². The summed E-state index contributed by atoms with van der Waals surface area (Å²) in [7, 11) is -4.17. The van der Waals surface area contributed by atoms with Gasteiger partial charge in [-0.2, -0.15) is 0 Å². The quantitative estimate of drug-likeness (QED) is 0.716. The molecule has 0 radical (unpaired) electrons. The van der Waals surface area contributed by atoms with Crippen molar-refractivity contribution in [3.8, 4) is 0 Å². The van der Waals surface area contributed by atoms with Gasteiger partial charge in [0, 0.05) is 12.8 Å². The minimum atomic E-state index is -4.17. The summed E-state index contributed by atoms with van der Waals surface area (Å²) in [5.74, 6) is 0. The highest BCUT2D eigenvalue weighted by Crippen LogP contribution is 2.55. The highest BCUT2D eigenvalue weighted by atomic mass is 31.2. The summed E-state index contributed by atoms with van der Waals surface area (Å²) in [6.45, 7) is 2.61. The molecule has 0 heterocycles. The zero-order chi connectivity index (χ0) is 12.5. The molecule has 0 saturated heterocycles. The standard InChI is InChI=1S/C12H18NO3P/c1-2-7-13-12(17(14,15)16)8-10-5-3-4-6-11(10)9-12/h3-6,13H,2,7-9H2,1H3,(H2,14,15,16). The van der Waals surface area contributed by atoms with Gasteiger partial charge >= 0.3 is 7.60 Å². The van der Waals surface area contributed by atoms with Gasteiger partial charge in [-0.1, -0.05) is 31.2 Å². The van der Waals surface area contributed by atoms with Crippen molar-refractivity contribution < 1.29 is 14.4 Å². The van der Waals surface area contributed by atoms with Crippen molar-refractivity contribution >= 4 is 7.60 Å². The van der Waals surface area contributed by atoms with Crippen LogP contribution in [0.3, 0.4) is 0 Å². The fourth-order valence-electron chi connectivity index (χ4n) is 2.39. The van der Waals surface area contributed by atoms with Crippen LogP contribution in [0.1, 0.15) is 24.5 Å². The second-order valence-corrected chi connectivity index (χ2v) is 6.57. The van der Waals surface area contributed by atoms with E-state index in [0.29, 0.717) is 19.4 Å². The van der Waals surface area contributed by atoms with Crippen molar-refractivity contribution in [3.05, 3.63) is 35.4 Å². The van der Waals surface area contributed by atoms with Crippen LogP contribution in [-0.4, -0.2) is 21.6 Å². The Balaban J connectivity index is 2.32. The first-order valence-electron chi connectivity index (χ1n) is 5.86. The third-order valence-electron chi connectivity index (χ3n) is 3.35. The number of benzene rings is 1. The predicted octanol–water partition coefficient (Wildman–Crippen LogP) is 1.66. The van der Waals surface area contributed by atoms with Crippen LogP contribution in [0.15, 0.2) is 24.3 Å². The lowest BCUT2D eigenvalue weighted by atomic mass is 10.1. The Labute approximate surface area is 101 Å². The molecule has 5 heteroatoms. The van der Waals surface area contributed by atoms with Crippen LogP contribution in [-0.2, 0) is 17.4 Å². The molecule has 2 rings (SSSR count). The molecule has 3 N–H and O–H groups in total. The molecule has 0 aromatic heterocycles. The van der Waals surface area contributed by atoms with Gasteiger partial charge < -0.3 is 15.1 Å². The maximum atomic E-state index is 11.8. The van der Waals surface area contributed by atoms with E-state index in [1.54, 1.807) is 0 Å². The molecule has 0 spiro atoms. The zero-order valence-electron chi connectivity index (χ0n) is 9.89. The van der Waals surface area contributed by atoms with E-state index in [2.05, 4.69) is 5.32 Å². The smallest absolute Gasteiger partial charge is 0.323 e. The lowest BCUT2D eigenvalue weighted by molar-refractivity contribution is 0.299. The number of hydrogen-bond acceptors (Lipinski definition) is 2. The third kappa shape index (κ3) is 2.31. The highest BCUT2D eigenvalue weighted by molar-refractivity contribution is 7.53. The van der Waals surface area contributed by atoms with E-state index in [0.717, 1.165) is 17.5 Å². The van der Waals surface area contributed by atoms with Crippen molar-refractivity contribution in [1.82, 2.24) is 5.32 Å². The maximum absolute atomic E-state index is 11.8. The second kappa shape index (κ2) is 4.54. The molecular weight excluding hydrogens is 237 g/mol. The van der Waals surface area contributed by atoms with Crippen LogP contribution in [0.5, 0.6) is 0 Å². The van der Waals surface area contributed by atoms with E-state index < -0.39 is 12.9 Å². The molecule has 0 aliphatic heterocycles. The Kier molecular flexibility index (Phi) is 3.41. The fourth-order valence-corrected chi connectivity index (χ4v) is 3.46. The van der Waals surface area contributed by atoms with E-state index in [1.165, 1.54) is 0 Å². The van der Waals surface area contributed by atoms with Crippen LogP contribution in [0, 0.1) is 0 Å². The Morgan fingerprint density at radius 3 is 2.24 bits per heavy atom. The Bertz CT molecular complexity index is 430. The molecule has 0 bridgehead atoms. The molecule has 94 valence electrons. The molecular formula is C12H18NO3P. The van der Waals surface area contributed by atoms with Gasteiger partial charge in [0.1, 0.15) is 5.28 Å². The number of fused-ring (bicyclic) bond motifs is 1. The first-order valence-corrected chi connectivity index (χ1v) is 7.47. The van der Waals surface area contributed by atoms with Crippen LogP contribution in [0.2, 0.25) is 0 Å². The molecule has 1 aliphatic rings. The van der Waals surface area contributed by atoms with Gasteiger partial charge in [-0.05, 0) is 24.1 Å². The minimum Gasteiger partial charge on any atom is -0.323 e. The van der Waals surface area contributed by atoms with E-state index in [4.69, 9.17) is 0 Å². The summed E-state index contributed by atoms with van der Waals surface area (Å²) in [5.41, 5.74) is 2.08. The summed E-state index contributed by atoms with van der Waals surface area (Å²) in [4.78, 5) is 19.2. The fraction of sp³-hybridized carbons (Fsp3) is 0.500. The summed E-state index contributed by atoms with van der Waals surface area (Å²) < 4.78 is 11.8. The number of hydrogen-bond donors (Lipinski definition) is 3. The van der Waals surface area contributed by atoms with Gasteiger partial charge in [0.25, 0.3) is 0 Å². The van der Waals surface area contributed by atoms with Crippen molar-refractivity contribution in [2.24, 2.45) is 0 Å². The van der Waals surface area contributed by atoms with Crippen molar-refractivity contribution in [2.75, 3.05) is 6.54 Å². The Morgan fingerprint density at radius 2 is 1.82 bits per heavy atom. The molecule has 0 unspecified atom stereocenters. The topological polar surface area (TPSA) is 69.6 Å². The lowest BCUT2D eigenvalue weighted by Gasteiger charge is -2.31. The lowest BCUT2D eigenvalue weighted by Crippen LogP contribution is -2.46. The van der Waals surface area contributed by atoms with Gasteiger partial charge in [-0.15, -0.1) is 0 Å². The number of nitrogens with one attached hydrogen (secondary N) is 1.